The van der Waals surface area contributed by atoms with Gasteiger partial charge in [-0.25, -0.2) is 0 Å². The predicted octanol–water partition coefficient (Wildman–Crippen LogP) is 1.46. The molecule has 0 spiro atoms. The standard InChI is InChI=1S/C20H25NO6/c1-14-12-16(4-5-18(14)27-11-10-26-9-8-25-3)13-17(15(2)22)21-19(23)6-7-20(21)24/h4-7,12,17H,8-11,13H2,1-3H3. The molecule has 0 saturated carbocycles. The van der Waals surface area contributed by atoms with Crippen LogP contribution in [0.2, 0.25) is 0 Å². The zero-order valence-electron chi connectivity index (χ0n) is 15.9. The molecule has 2 amide bonds. The van der Waals surface area contributed by atoms with Gasteiger partial charge in [0.05, 0.1) is 19.8 Å². The molecule has 1 atom stereocenters. The quantitative estimate of drug-likeness (QED) is 0.430. The topological polar surface area (TPSA) is 82.1 Å². The van der Waals surface area contributed by atoms with Crippen molar-refractivity contribution in [1.82, 2.24) is 4.90 Å². The van der Waals surface area contributed by atoms with E-state index in [9.17, 15) is 14.4 Å². The Morgan fingerprint density at radius 3 is 2.33 bits per heavy atom. The fourth-order valence-corrected chi connectivity index (χ4v) is 2.81. The molecule has 27 heavy (non-hydrogen) atoms. The van der Waals surface area contributed by atoms with Crippen molar-refractivity contribution in [3.05, 3.63) is 41.5 Å². The van der Waals surface area contributed by atoms with Crippen LogP contribution in [0.3, 0.4) is 0 Å². The minimum atomic E-state index is -0.805. The third-order valence-corrected chi connectivity index (χ3v) is 4.21. The minimum absolute atomic E-state index is 0.230. The van der Waals surface area contributed by atoms with Crippen molar-refractivity contribution in [2.24, 2.45) is 0 Å². The number of hydrogen-bond acceptors (Lipinski definition) is 6. The number of ether oxygens (including phenoxy) is 3. The number of rotatable bonds is 11. The van der Waals surface area contributed by atoms with Crippen LogP contribution in [0.25, 0.3) is 0 Å². The van der Waals surface area contributed by atoms with Crippen molar-refractivity contribution < 1.29 is 28.6 Å². The number of hydrogen-bond donors (Lipinski definition) is 0. The van der Waals surface area contributed by atoms with E-state index in [1.807, 2.05) is 25.1 Å². The highest BCUT2D eigenvalue weighted by molar-refractivity contribution is 6.15. The van der Waals surface area contributed by atoms with Crippen molar-refractivity contribution >= 4 is 17.6 Å². The lowest BCUT2D eigenvalue weighted by molar-refractivity contribution is -0.144. The first kappa shape index (κ1) is 20.8. The van der Waals surface area contributed by atoms with Crippen molar-refractivity contribution in [2.75, 3.05) is 33.5 Å². The van der Waals surface area contributed by atoms with E-state index in [1.54, 1.807) is 7.11 Å². The summed E-state index contributed by atoms with van der Waals surface area (Å²) in [6.45, 7) is 5.24. The molecule has 7 heteroatoms. The van der Waals surface area contributed by atoms with Gasteiger partial charge in [-0.1, -0.05) is 12.1 Å². The van der Waals surface area contributed by atoms with Gasteiger partial charge in [0.25, 0.3) is 11.8 Å². The monoisotopic (exact) mass is 375 g/mol. The lowest BCUT2D eigenvalue weighted by Gasteiger charge is -2.24. The summed E-state index contributed by atoms with van der Waals surface area (Å²) in [5.41, 5.74) is 1.76. The van der Waals surface area contributed by atoms with E-state index < -0.39 is 17.9 Å². The molecule has 1 aromatic rings. The first-order chi connectivity index (χ1) is 12.9. The Kier molecular flexibility index (Phi) is 7.69. The Labute approximate surface area is 158 Å². The van der Waals surface area contributed by atoms with E-state index in [-0.39, 0.29) is 12.2 Å². The van der Waals surface area contributed by atoms with Crippen molar-refractivity contribution in [3.63, 3.8) is 0 Å². The van der Waals surface area contributed by atoms with E-state index in [4.69, 9.17) is 14.2 Å². The highest BCUT2D eigenvalue weighted by atomic mass is 16.5. The smallest absolute Gasteiger partial charge is 0.254 e. The van der Waals surface area contributed by atoms with Gasteiger partial charge in [-0.2, -0.15) is 0 Å². The van der Waals surface area contributed by atoms with Crippen molar-refractivity contribution in [1.29, 1.82) is 0 Å². The molecule has 1 aliphatic heterocycles. The van der Waals surface area contributed by atoms with Crippen LogP contribution < -0.4 is 4.74 Å². The van der Waals surface area contributed by atoms with Gasteiger partial charge in [0.2, 0.25) is 0 Å². The maximum Gasteiger partial charge on any atom is 0.254 e. The van der Waals surface area contributed by atoms with Gasteiger partial charge in [-0.15, -0.1) is 0 Å². The summed E-state index contributed by atoms with van der Waals surface area (Å²) < 4.78 is 15.9. The third-order valence-electron chi connectivity index (χ3n) is 4.21. The number of carbonyl (C=O) groups excluding carboxylic acids is 3. The second-order valence-corrected chi connectivity index (χ2v) is 6.26. The van der Waals surface area contributed by atoms with Crippen LogP contribution in [0.1, 0.15) is 18.1 Å². The molecule has 1 unspecified atom stereocenters. The number of aryl methyl sites for hydroxylation is 1. The lowest BCUT2D eigenvalue weighted by atomic mass is 10.00. The Hall–Kier alpha value is -2.51. The minimum Gasteiger partial charge on any atom is -0.491 e. The second kappa shape index (κ2) is 9.99. The number of Topliss-reactive ketones (excluding diaryl/α,β-unsaturated/α-hetero) is 1. The number of nitrogens with zero attached hydrogens (tertiary/aromatic N) is 1. The van der Waals surface area contributed by atoms with Crippen LogP contribution in [0.15, 0.2) is 30.4 Å². The normalized spacial score (nSPS) is 14.7. The van der Waals surface area contributed by atoms with Crippen LogP contribution >= 0.6 is 0 Å². The average molecular weight is 375 g/mol. The van der Waals surface area contributed by atoms with Crippen molar-refractivity contribution in [3.8, 4) is 5.75 Å². The number of ketones is 1. The molecule has 0 fully saturated rings. The summed E-state index contributed by atoms with van der Waals surface area (Å²) in [6, 6.07) is 4.75. The number of imide groups is 1. The maximum atomic E-state index is 12.0. The van der Waals surface area contributed by atoms with E-state index in [2.05, 4.69) is 0 Å². The molecule has 1 heterocycles. The third kappa shape index (κ3) is 5.74. The van der Waals surface area contributed by atoms with Crippen molar-refractivity contribution in [2.45, 2.75) is 26.3 Å². The highest BCUT2D eigenvalue weighted by Gasteiger charge is 2.34. The van der Waals surface area contributed by atoms with E-state index >= 15 is 0 Å². The van der Waals surface area contributed by atoms with E-state index in [0.29, 0.717) is 26.4 Å². The molecule has 7 nitrogen and oxygen atoms in total. The van der Waals surface area contributed by atoms with Crippen LogP contribution in [-0.2, 0) is 30.3 Å². The molecule has 1 aliphatic rings. The summed E-state index contributed by atoms with van der Waals surface area (Å²) in [4.78, 5) is 36.8. The highest BCUT2D eigenvalue weighted by Crippen LogP contribution is 2.22. The van der Waals surface area contributed by atoms with Gasteiger partial charge in [0, 0.05) is 25.7 Å². The Balaban J connectivity index is 1.96. The average Bonchev–Trinajstić information content (AvgIpc) is 2.95. The molecule has 1 aromatic carbocycles. The van der Waals surface area contributed by atoms with Gasteiger partial charge < -0.3 is 14.2 Å². The molecule has 0 saturated heterocycles. The zero-order chi connectivity index (χ0) is 19.8. The second-order valence-electron chi connectivity index (χ2n) is 6.26. The van der Waals surface area contributed by atoms with E-state index in [1.165, 1.54) is 19.1 Å². The van der Waals surface area contributed by atoms with Gasteiger partial charge in [0.15, 0.2) is 5.78 Å². The SMILES string of the molecule is COCCOCCOc1ccc(CC(C(C)=O)N2C(=O)C=CC2=O)cc1C. The fourth-order valence-electron chi connectivity index (χ4n) is 2.81. The summed E-state index contributed by atoms with van der Waals surface area (Å²) >= 11 is 0. The fraction of sp³-hybridized carbons (Fsp3) is 0.450. The molecular weight excluding hydrogens is 350 g/mol. The summed E-state index contributed by atoms with van der Waals surface area (Å²) in [7, 11) is 1.62. The molecular formula is C20H25NO6. The largest absolute Gasteiger partial charge is 0.491 e. The first-order valence-corrected chi connectivity index (χ1v) is 8.78. The Morgan fingerprint density at radius 2 is 1.74 bits per heavy atom. The number of methoxy groups -OCH3 is 1. The zero-order valence-corrected chi connectivity index (χ0v) is 15.9. The Bertz CT molecular complexity index is 709. The molecule has 2 rings (SSSR count). The van der Waals surface area contributed by atoms with Gasteiger partial charge >= 0.3 is 0 Å². The summed E-state index contributed by atoms with van der Waals surface area (Å²) in [6.07, 6.45) is 2.65. The molecule has 0 aromatic heterocycles. The first-order valence-electron chi connectivity index (χ1n) is 8.78. The van der Waals surface area contributed by atoms with Gasteiger partial charge in [0.1, 0.15) is 18.4 Å². The molecule has 146 valence electrons. The van der Waals surface area contributed by atoms with Crippen LogP contribution in [-0.4, -0.2) is 62.1 Å². The van der Waals surface area contributed by atoms with Crippen LogP contribution in [0, 0.1) is 6.92 Å². The molecule has 0 aliphatic carbocycles. The number of amides is 2. The Morgan fingerprint density at radius 1 is 1.07 bits per heavy atom. The summed E-state index contributed by atoms with van der Waals surface area (Å²) in [5, 5.41) is 0. The molecule has 0 bridgehead atoms. The van der Waals surface area contributed by atoms with E-state index in [0.717, 1.165) is 21.8 Å². The maximum absolute atomic E-state index is 12.0. The van der Waals surface area contributed by atoms with Crippen LogP contribution in [0.5, 0.6) is 5.75 Å². The molecule has 0 N–H and O–H groups in total. The number of benzene rings is 1. The predicted molar refractivity (Wildman–Crippen MR) is 98.5 cm³/mol. The number of carbonyl (C=O) groups is 3. The lowest BCUT2D eigenvalue weighted by Crippen LogP contribution is -2.45. The van der Waals surface area contributed by atoms with Gasteiger partial charge in [-0.05, 0) is 31.0 Å². The summed E-state index contributed by atoms with van der Waals surface area (Å²) in [5.74, 6) is -0.411. The molecule has 0 radical (unpaired) electrons. The van der Waals surface area contributed by atoms with Gasteiger partial charge in [-0.3, -0.25) is 19.3 Å². The van der Waals surface area contributed by atoms with Crippen LogP contribution in [0.4, 0.5) is 0 Å².